The Balaban J connectivity index is 3.08. The van der Waals surface area contributed by atoms with E-state index in [4.69, 9.17) is 5.11 Å². The largest absolute Gasteiger partial charge is 0.478 e. The van der Waals surface area contributed by atoms with Crippen LogP contribution in [0.2, 0.25) is 0 Å². The number of rotatable bonds is 6. The molecule has 1 aromatic rings. The van der Waals surface area contributed by atoms with Crippen molar-refractivity contribution in [3.63, 3.8) is 0 Å². The number of aliphatic carboxylic acids is 1. The molecule has 25 heavy (non-hydrogen) atoms. The third-order valence-electron chi connectivity index (χ3n) is 2.48. The summed E-state index contributed by atoms with van der Waals surface area (Å²) >= 11 is -1.09. The van der Waals surface area contributed by atoms with Crippen LogP contribution < -0.4 is 5.32 Å². The number of para-hydroxylation sites is 1. The molecule has 1 rings (SSSR count). The van der Waals surface area contributed by atoms with Crippen molar-refractivity contribution >= 4 is 29.3 Å². The van der Waals surface area contributed by atoms with Gasteiger partial charge in [0.15, 0.2) is 0 Å². The van der Waals surface area contributed by atoms with E-state index in [1.165, 1.54) is 6.07 Å². The lowest BCUT2D eigenvalue weighted by atomic mass is 10.3. The Labute approximate surface area is 139 Å². The van der Waals surface area contributed by atoms with E-state index in [-0.39, 0.29) is 0 Å². The third kappa shape index (κ3) is 5.11. The molecule has 0 bridgehead atoms. The highest BCUT2D eigenvalue weighted by Crippen LogP contribution is 2.54. The zero-order valence-corrected chi connectivity index (χ0v) is 12.6. The molecule has 0 aliphatic carbocycles. The summed E-state index contributed by atoms with van der Waals surface area (Å²) in [6.07, 6.45) is -5.56. The molecule has 138 valence electrons. The Bertz CT molecular complexity index is 688. The molecule has 0 fully saturated rings. The molecule has 0 radical (unpaired) electrons. The highest BCUT2D eigenvalue weighted by molar-refractivity contribution is 8.00. The second kappa shape index (κ2) is 7.33. The predicted molar refractivity (Wildman–Crippen MR) is 73.7 cm³/mol. The van der Waals surface area contributed by atoms with Crippen LogP contribution in [0.3, 0.4) is 0 Å². The van der Waals surface area contributed by atoms with Crippen molar-refractivity contribution in [3.8, 4) is 0 Å². The van der Waals surface area contributed by atoms with Gasteiger partial charge < -0.3 is 10.4 Å². The number of carboxylic acids is 1. The Kier molecular flexibility index (Phi) is 6.10. The van der Waals surface area contributed by atoms with Gasteiger partial charge in [-0.05, 0) is 23.9 Å². The van der Waals surface area contributed by atoms with Gasteiger partial charge in [-0.1, -0.05) is 12.1 Å². The van der Waals surface area contributed by atoms with Gasteiger partial charge in [0.25, 0.3) is 0 Å². The Morgan fingerprint density at radius 2 is 1.56 bits per heavy atom. The molecule has 0 aliphatic rings. The Hall–Kier alpha value is -2.24. The molecule has 0 aromatic heterocycles. The standard InChI is InChI=1S/C13H8F7NO3S/c14-11(15,12(16,17)18)13(19,20)25-8-4-2-1-3-7(8)21-9(22)5-6-10(23)24/h1-6H,(H,21,22)(H,23,24)/b6-5+. The smallest absolute Gasteiger partial charge is 0.460 e. The third-order valence-corrected chi connectivity index (χ3v) is 3.57. The molecule has 0 heterocycles. The average molecular weight is 391 g/mol. The normalized spacial score (nSPS) is 13.1. The fourth-order valence-electron chi connectivity index (χ4n) is 1.35. The second-order valence-electron chi connectivity index (χ2n) is 4.35. The molecule has 0 saturated heterocycles. The highest BCUT2D eigenvalue weighted by atomic mass is 32.2. The van der Waals surface area contributed by atoms with Gasteiger partial charge >= 0.3 is 23.3 Å². The number of amides is 1. The Morgan fingerprint density at radius 3 is 2.08 bits per heavy atom. The van der Waals surface area contributed by atoms with Gasteiger partial charge in [0.2, 0.25) is 5.91 Å². The quantitative estimate of drug-likeness (QED) is 0.435. The number of thioether (sulfide) groups is 1. The van der Waals surface area contributed by atoms with Crippen molar-refractivity contribution in [1.82, 2.24) is 0 Å². The van der Waals surface area contributed by atoms with Crippen molar-refractivity contribution in [3.05, 3.63) is 36.4 Å². The van der Waals surface area contributed by atoms with Gasteiger partial charge in [0, 0.05) is 17.0 Å². The number of halogens is 7. The number of benzene rings is 1. The zero-order chi connectivity index (χ0) is 19.5. The maximum Gasteiger partial charge on any atom is 0.460 e. The first-order valence-corrected chi connectivity index (χ1v) is 6.92. The summed E-state index contributed by atoms with van der Waals surface area (Å²) in [6.45, 7) is 0. The number of hydrogen-bond acceptors (Lipinski definition) is 3. The summed E-state index contributed by atoms with van der Waals surface area (Å²) in [5.74, 6) is -8.92. The fraction of sp³-hybridized carbons (Fsp3) is 0.231. The van der Waals surface area contributed by atoms with Crippen LogP contribution in [0.4, 0.5) is 36.4 Å². The van der Waals surface area contributed by atoms with Gasteiger partial charge in [0.05, 0.1) is 5.69 Å². The van der Waals surface area contributed by atoms with Crippen LogP contribution in [0.1, 0.15) is 0 Å². The van der Waals surface area contributed by atoms with E-state index in [1.54, 1.807) is 0 Å². The molecule has 0 atom stereocenters. The first kappa shape index (κ1) is 20.8. The van der Waals surface area contributed by atoms with Gasteiger partial charge in [0.1, 0.15) is 0 Å². The fourth-order valence-corrected chi connectivity index (χ4v) is 2.24. The van der Waals surface area contributed by atoms with Gasteiger partial charge in [-0.25, -0.2) is 4.79 Å². The SMILES string of the molecule is O=C(O)/C=C/C(=O)Nc1ccccc1SC(F)(F)C(F)(F)C(F)(F)F. The topological polar surface area (TPSA) is 66.4 Å². The van der Waals surface area contributed by atoms with Crippen LogP contribution in [0, 0.1) is 0 Å². The van der Waals surface area contributed by atoms with E-state index in [0.717, 1.165) is 18.2 Å². The number of hydrogen-bond donors (Lipinski definition) is 2. The van der Waals surface area contributed by atoms with Crippen LogP contribution >= 0.6 is 11.8 Å². The summed E-state index contributed by atoms with van der Waals surface area (Å²) in [5.41, 5.74) is -0.495. The molecule has 0 spiro atoms. The highest BCUT2D eigenvalue weighted by Gasteiger charge is 2.73. The van der Waals surface area contributed by atoms with Gasteiger partial charge in [-0.15, -0.1) is 0 Å². The maximum absolute atomic E-state index is 13.4. The Morgan fingerprint density at radius 1 is 1.00 bits per heavy atom. The van der Waals surface area contributed by atoms with Crippen molar-refractivity contribution in [2.24, 2.45) is 0 Å². The van der Waals surface area contributed by atoms with E-state index < -0.39 is 51.6 Å². The molecule has 1 amide bonds. The number of alkyl halides is 7. The molecule has 0 aliphatic heterocycles. The van der Waals surface area contributed by atoms with Crippen LogP contribution in [0.25, 0.3) is 0 Å². The van der Waals surface area contributed by atoms with Crippen molar-refractivity contribution in [2.75, 3.05) is 5.32 Å². The van der Waals surface area contributed by atoms with Crippen molar-refractivity contribution in [1.29, 1.82) is 0 Å². The lowest BCUT2D eigenvalue weighted by Crippen LogP contribution is -2.49. The van der Waals surface area contributed by atoms with Crippen LogP contribution in [-0.4, -0.2) is 34.3 Å². The minimum Gasteiger partial charge on any atom is -0.478 e. The van der Waals surface area contributed by atoms with Crippen molar-refractivity contribution < 1.29 is 45.4 Å². The van der Waals surface area contributed by atoms with E-state index >= 15 is 0 Å². The predicted octanol–water partition coefficient (Wildman–Crippen LogP) is 4.15. The molecule has 2 N–H and O–H groups in total. The van der Waals surface area contributed by atoms with Gasteiger partial charge in [-0.3, -0.25) is 4.79 Å². The van der Waals surface area contributed by atoms with Gasteiger partial charge in [-0.2, -0.15) is 30.7 Å². The monoisotopic (exact) mass is 391 g/mol. The average Bonchev–Trinajstić information content (AvgIpc) is 2.45. The van der Waals surface area contributed by atoms with E-state index in [2.05, 4.69) is 0 Å². The minimum atomic E-state index is -6.48. The summed E-state index contributed by atoms with van der Waals surface area (Å²) < 4.78 is 89.2. The molecular formula is C13H8F7NO3S. The molecule has 4 nitrogen and oxygen atoms in total. The number of anilines is 1. The van der Waals surface area contributed by atoms with E-state index in [9.17, 15) is 40.3 Å². The number of nitrogens with one attached hydrogen (secondary N) is 1. The first-order chi connectivity index (χ1) is 11.3. The molecular weight excluding hydrogens is 383 g/mol. The maximum atomic E-state index is 13.4. The summed E-state index contributed by atoms with van der Waals surface area (Å²) in [4.78, 5) is 20.9. The summed E-state index contributed by atoms with van der Waals surface area (Å²) in [5, 5.41) is 4.70. The van der Waals surface area contributed by atoms with E-state index in [0.29, 0.717) is 12.2 Å². The first-order valence-electron chi connectivity index (χ1n) is 6.10. The molecule has 0 unspecified atom stereocenters. The van der Waals surface area contributed by atoms with Crippen LogP contribution in [-0.2, 0) is 9.59 Å². The van der Waals surface area contributed by atoms with Crippen LogP contribution in [0.5, 0.6) is 0 Å². The van der Waals surface area contributed by atoms with Crippen LogP contribution in [0.15, 0.2) is 41.3 Å². The lowest BCUT2D eigenvalue weighted by Gasteiger charge is -2.27. The molecule has 12 heteroatoms. The summed E-state index contributed by atoms with van der Waals surface area (Å²) in [6, 6.07) is 4.03. The summed E-state index contributed by atoms with van der Waals surface area (Å²) in [7, 11) is 0. The number of carbonyl (C=O) groups excluding carboxylic acids is 1. The molecule has 0 saturated carbocycles. The lowest BCUT2D eigenvalue weighted by molar-refractivity contribution is -0.330. The molecule has 1 aromatic carbocycles. The van der Waals surface area contributed by atoms with E-state index in [1.807, 2.05) is 5.32 Å². The van der Waals surface area contributed by atoms with Crippen molar-refractivity contribution in [2.45, 2.75) is 22.2 Å². The minimum absolute atomic E-state index is 0.414. The number of carbonyl (C=O) groups is 2. The number of carboxylic acid groups (broad SMARTS) is 1. The zero-order valence-electron chi connectivity index (χ0n) is 11.8. The second-order valence-corrected chi connectivity index (χ2v) is 5.50.